The van der Waals surface area contributed by atoms with Crippen LogP contribution in [0.3, 0.4) is 0 Å². The van der Waals surface area contributed by atoms with E-state index < -0.39 is 0 Å². The summed E-state index contributed by atoms with van der Waals surface area (Å²) in [6.07, 6.45) is 8.97. The molecule has 1 unspecified atom stereocenters. The summed E-state index contributed by atoms with van der Waals surface area (Å²) in [6.45, 7) is 15.1. The quantitative estimate of drug-likeness (QED) is 0.539. The molecule has 0 aromatic carbocycles. The molecule has 0 aliphatic carbocycles. The predicted octanol–water partition coefficient (Wildman–Crippen LogP) is 5.74. The highest BCUT2D eigenvalue weighted by molar-refractivity contribution is 6.32. The maximum absolute atomic E-state index is 6.19. The van der Waals surface area contributed by atoms with Crippen LogP contribution < -0.4 is 0 Å². The lowest BCUT2D eigenvalue weighted by Gasteiger charge is -2.17. The molecule has 0 aromatic rings. The summed E-state index contributed by atoms with van der Waals surface area (Å²) in [5, 5.41) is 1.14. The molecule has 0 fully saturated rings. The van der Waals surface area contributed by atoms with Crippen LogP contribution in [0.1, 0.15) is 13.8 Å². The molecule has 0 N–H and O–H groups in total. The Balaban J connectivity index is 5.51. The molecule has 0 aromatic heterocycles. The van der Waals surface area contributed by atoms with Gasteiger partial charge in [-0.15, -0.1) is 0 Å². The lowest BCUT2D eigenvalue weighted by atomic mass is 9.91. The van der Waals surface area contributed by atoms with Gasteiger partial charge < -0.3 is 0 Å². The van der Waals surface area contributed by atoms with E-state index in [0.717, 1.165) is 11.1 Å². The number of rotatable bonds is 6. The first-order valence-corrected chi connectivity index (χ1v) is 6.07. The van der Waals surface area contributed by atoms with E-state index in [-0.39, 0.29) is 5.92 Å². The first kappa shape index (κ1) is 16.0. The second-order valence-corrected chi connectivity index (χ2v) is 4.36. The number of halogens is 2. The van der Waals surface area contributed by atoms with Crippen molar-refractivity contribution >= 4 is 23.2 Å². The number of hydrogen-bond donors (Lipinski definition) is 0. The first-order valence-electron chi connectivity index (χ1n) is 5.31. The number of hydrogen-bond acceptors (Lipinski definition) is 0. The monoisotopic (exact) mass is 268 g/mol. The minimum absolute atomic E-state index is 0.0270. The normalized spacial score (nSPS) is 15.4. The predicted molar refractivity (Wildman–Crippen MR) is 80.3 cm³/mol. The highest BCUT2D eigenvalue weighted by Crippen LogP contribution is 2.31. The summed E-state index contributed by atoms with van der Waals surface area (Å²) in [5.74, 6) is 0.0270. The zero-order valence-corrected chi connectivity index (χ0v) is 11.9. The van der Waals surface area contributed by atoms with E-state index >= 15 is 0 Å². The second-order valence-electron chi connectivity index (χ2n) is 3.49. The van der Waals surface area contributed by atoms with Crippen LogP contribution in [0.2, 0.25) is 0 Å². The van der Waals surface area contributed by atoms with Gasteiger partial charge in [0, 0.05) is 16.0 Å². The van der Waals surface area contributed by atoms with Gasteiger partial charge >= 0.3 is 0 Å². The van der Waals surface area contributed by atoms with Crippen molar-refractivity contribution in [1.29, 1.82) is 0 Å². The van der Waals surface area contributed by atoms with Crippen molar-refractivity contribution in [2.75, 3.05) is 0 Å². The minimum atomic E-state index is 0.0270. The summed E-state index contributed by atoms with van der Waals surface area (Å²) in [6, 6.07) is 0. The molecule has 0 spiro atoms. The van der Waals surface area contributed by atoms with Crippen molar-refractivity contribution in [3.63, 3.8) is 0 Å². The van der Waals surface area contributed by atoms with Crippen LogP contribution in [0.25, 0.3) is 0 Å². The molecular weight excluding hydrogens is 251 g/mol. The summed E-state index contributed by atoms with van der Waals surface area (Å²) < 4.78 is 0. The highest BCUT2D eigenvalue weighted by atomic mass is 35.5. The molecule has 0 aliphatic heterocycles. The molecule has 0 rings (SSSR count). The van der Waals surface area contributed by atoms with E-state index in [2.05, 4.69) is 19.7 Å². The Bertz CT molecular complexity index is 395. The zero-order valence-electron chi connectivity index (χ0n) is 10.3. The fraction of sp³-hybridized carbons (Fsp3) is 0.200. The maximum Gasteiger partial charge on any atom is 0.0440 e. The molecule has 0 saturated carbocycles. The fourth-order valence-electron chi connectivity index (χ4n) is 1.49. The summed E-state index contributed by atoms with van der Waals surface area (Å²) >= 11 is 12.2. The Labute approximate surface area is 114 Å². The standard InChI is InChI=1S/C15H18Cl2/c1-6-9-14(12(5)16)11(4)13(8-3)15(17)10-7-2/h6-11H,1,3,5H2,2,4H3/b10-7-,14-9-,15-13-. The molecule has 0 heterocycles. The van der Waals surface area contributed by atoms with Crippen molar-refractivity contribution in [2.45, 2.75) is 13.8 Å². The Hall–Kier alpha value is -0.980. The average molecular weight is 269 g/mol. The lowest BCUT2D eigenvalue weighted by molar-refractivity contribution is 0.842. The van der Waals surface area contributed by atoms with Gasteiger partial charge in [-0.05, 0) is 24.1 Å². The molecule has 0 saturated heterocycles. The van der Waals surface area contributed by atoms with E-state index in [4.69, 9.17) is 23.2 Å². The van der Waals surface area contributed by atoms with Gasteiger partial charge in [-0.1, -0.05) is 74.2 Å². The van der Waals surface area contributed by atoms with Crippen molar-refractivity contribution in [3.8, 4) is 0 Å². The smallest absolute Gasteiger partial charge is 0.0440 e. The number of allylic oxidation sites excluding steroid dienone is 9. The molecule has 1 atom stereocenters. The molecule has 0 nitrogen and oxygen atoms in total. The van der Waals surface area contributed by atoms with E-state index in [9.17, 15) is 0 Å². The third-order valence-corrected chi connectivity index (χ3v) is 2.91. The summed E-state index contributed by atoms with van der Waals surface area (Å²) in [5.41, 5.74) is 1.80. The Morgan fingerprint density at radius 1 is 1.24 bits per heavy atom. The SMILES string of the molecule is C=C/C=C(\C(=C)Cl)C(C)/C(C=C)=C(Cl)/C=C\C. The largest absolute Gasteiger partial charge is 0.0991 e. The van der Waals surface area contributed by atoms with Crippen molar-refractivity contribution in [1.82, 2.24) is 0 Å². The van der Waals surface area contributed by atoms with Crippen molar-refractivity contribution < 1.29 is 0 Å². The third-order valence-electron chi connectivity index (χ3n) is 2.35. The first-order chi connectivity index (χ1) is 7.99. The molecule has 0 amide bonds. The van der Waals surface area contributed by atoms with Crippen LogP contribution in [-0.4, -0.2) is 0 Å². The van der Waals surface area contributed by atoms with Gasteiger partial charge in [-0.25, -0.2) is 0 Å². The van der Waals surface area contributed by atoms with Gasteiger partial charge in [0.2, 0.25) is 0 Å². The van der Waals surface area contributed by atoms with Crippen molar-refractivity contribution in [2.24, 2.45) is 5.92 Å². The van der Waals surface area contributed by atoms with Crippen LogP contribution in [0, 0.1) is 5.92 Å². The third kappa shape index (κ3) is 4.80. The van der Waals surface area contributed by atoms with E-state index in [1.54, 1.807) is 12.2 Å². The fourth-order valence-corrected chi connectivity index (χ4v) is 2.08. The lowest BCUT2D eigenvalue weighted by Crippen LogP contribution is -2.03. The molecule has 0 bridgehead atoms. The second kappa shape index (κ2) is 8.16. The van der Waals surface area contributed by atoms with E-state index in [1.807, 2.05) is 32.1 Å². The van der Waals surface area contributed by atoms with Crippen LogP contribution in [0.15, 0.2) is 71.3 Å². The summed E-state index contributed by atoms with van der Waals surface area (Å²) in [4.78, 5) is 0. The molecular formula is C15H18Cl2. The van der Waals surface area contributed by atoms with Crippen molar-refractivity contribution in [3.05, 3.63) is 71.3 Å². The van der Waals surface area contributed by atoms with E-state index in [1.165, 1.54) is 0 Å². The molecule has 0 radical (unpaired) electrons. The summed E-state index contributed by atoms with van der Waals surface area (Å²) in [7, 11) is 0. The zero-order chi connectivity index (χ0) is 13.4. The van der Waals surface area contributed by atoms with Gasteiger partial charge in [0.05, 0.1) is 0 Å². The highest BCUT2D eigenvalue weighted by Gasteiger charge is 2.15. The molecule has 0 aliphatic rings. The van der Waals surface area contributed by atoms with Gasteiger partial charge in [0.25, 0.3) is 0 Å². The van der Waals surface area contributed by atoms with Crippen LogP contribution in [0.5, 0.6) is 0 Å². The van der Waals surface area contributed by atoms with Gasteiger partial charge in [-0.3, -0.25) is 0 Å². The minimum Gasteiger partial charge on any atom is -0.0991 e. The average Bonchev–Trinajstić information content (AvgIpc) is 2.26. The molecule has 17 heavy (non-hydrogen) atoms. The molecule has 2 heteroatoms. The van der Waals surface area contributed by atoms with Crippen LogP contribution in [0.4, 0.5) is 0 Å². The van der Waals surface area contributed by atoms with E-state index in [0.29, 0.717) is 10.1 Å². The Kier molecular flexibility index (Phi) is 7.69. The Morgan fingerprint density at radius 3 is 2.18 bits per heavy atom. The van der Waals surface area contributed by atoms with Crippen LogP contribution >= 0.6 is 23.2 Å². The van der Waals surface area contributed by atoms with Crippen LogP contribution in [-0.2, 0) is 0 Å². The van der Waals surface area contributed by atoms with Gasteiger partial charge in [0.15, 0.2) is 0 Å². The van der Waals surface area contributed by atoms with Gasteiger partial charge in [0.1, 0.15) is 0 Å². The Morgan fingerprint density at radius 2 is 1.82 bits per heavy atom. The maximum atomic E-state index is 6.19. The topological polar surface area (TPSA) is 0 Å². The molecule has 92 valence electrons. The van der Waals surface area contributed by atoms with Gasteiger partial charge in [-0.2, -0.15) is 0 Å².